The molecular weight excluding hydrogens is 406 g/mol. The van der Waals surface area contributed by atoms with Gasteiger partial charge in [-0.1, -0.05) is 41.0 Å². The third-order valence-corrected chi connectivity index (χ3v) is 6.71. The first kappa shape index (κ1) is 20.1. The predicted molar refractivity (Wildman–Crippen MR) is 118 cm³/mol. The number of likely N-dealkylation sites (tertiary alicyclic amines) is 1. The Morgan fingerprint density at radius 2 is 1.93 bits per heavy atom. The molecule has 1 aromatic heterocycles. The van der Waals surface area contributed by atoms with Gasteiger partial charge in [0.1, 0.15) is 11.9 Å². The average Bonchev–Trinajstić information content (AvgIpc) is 3.41. The Morgan fingerprint density at radius 1 is 1.17 bits per heavy atom. The van der Waals surface area contributed by atoms with E-state index in [-0.39, 0.29) is 11.9 Å². The number of piperidine rings is 1. The number of halogens is 1. The topological polar surface area (TPSA) is 65.8 Å². The highest BCUT2D eigenvalue weighted by Crippen LogP contribution is 2.25. The number of nitrogens with zero attached hydrogens (tertiary/aromatic N) is 2. The number of ketones is 1. The van der Waals surface area contributed by atoms with Crippen LogP contribution in [0.4, 0.5) is 0 Å². The number of rotatable bonds is 6. The van der Waals surface area contributed by atoms with Gasteiger partial charge in [-0.3, -0.25) is 10.2 Å². The van der Waals surface area contributed by atoms with Crippen molar-refractivity contribution in [2.45, 2.75) is 44.6 Å². The van der Waals surface area contributed by atoms with E-state index < -0.39 is 0 Å². The fraction of sp³-hybridized carbons (Fsp3) is 0.409. The van der Waals surface area contributed by atoms with Crippen LogP contribution in [0, 0.1) is 5.41 Å². The minimum atomic E-state index is -0.0734. The summed E-state index contributed by atoms with van der Waals surface area (Å²) in [7, 11) is 0. The highest BCUT2D eigenvalue weighted by atomic mass is 35.5. The first-order chi connectivity index (χ1) is 14.1. The third kappa shape index (κ3) is 4.87. The SMILES string of the molecule is N=C(c1ccc(C2=NOC(CCC(=O)c3ccc(Cl)s3)C2)cc1)N1CCCCC1. The van der Waals surface area contributed by atoms with Crippen LogP contribution in [0.3, 0.4) is 0 Å². The predicted octanol–water partition coefficient (Wildman–Crippen LogP) is 5.37. The molecule has 1 N–H and O–H groups in total. The van der Waals surface area contributed by atoms with Crippen molar-refractivity contribution in [1.29, 1.82) is 5.41 Å². The molecule has 1 aromatic carbocycles. The molecule has 7 heteroatoms. The second-order valence-corrected chi connectivity index (χ2v) is 9.22. The molecule has 2 aliphatic heterocycles. The molecule has 1 saturated heterocycles. The summed E-state index contributed by atoms with van der Waals surface area (Å²) in [5.41, 5.74) is 2.85. The lowest BCUT2D eigenvalue weighted by atomic mass is 10.00. The number of oxime groups is 1. The van der Waals surface area contributed by atoms with Gasteiger partial charge < -0.3 is 9.74 Å². The number of hydrogen-bond acceptors (Lipinski definition) is 5. The van der Waals surface area contributed by atoms with Gasteiger partial charge in [0.25, 0.3) is 0 Å². The molecule has 2 aliphatic rings. The monoisotopic (exact) mass is 429 g/mol. The fourth-order valence-electron chi connectivity index (χ4n) is 3.75. The number of thiophene rings is 1. The summed E-state index contributed by atoms with van der Waals surface area (Å²) in [6.45, 7) is 1.94. The zero-order valence-corrected chi connectivity index (χ0v) is 17.8. The first-order valence-electron chi connectivity index (χ1n) is 10.1. The van der Waals surface area contributed by atoms with E-state index in [0.29, 0.717) is 34.3 Å². The summed E-state index contributed by atoms with van der Waals surface area (Å²) in [5, 5.41) is 12.7. The molecule has 0 bridgehead atoms. The average molecular weight is 430 g/mol. The van der Waals surface area contributed by atoms with Crippen LogP contribution in [0.1, 0.15) is 59.3 Å². The Kier molecular flexibility index (Phi) is 6.31. The molecule has 0 amide bonds. The molecule has 3 heterocycles. The lowest BCUT2D eigenvalue weighted by Gasteiger charge is -2.29. The van der Waals surface area contributed by atoms with Crippen LogP contribution in [-0.2, 0) is 4.84 Å². The molecule has 0 aliphatic carbocycles. The van der Waals surface area contributed by atoms with Gasteiger partial charge in [-0.15, -0.1) is 11.3 Å². The molecule has 0 saturated carbocycles. The summed E-state index contributed by atoms with van der Waals surface area (Å²) >= 11 is 7.22. The summed E-state index contributed by atoms with van der Waals surface area (Å²) in [5.74, 6) is 0.699. The number of carbonyl (C=O) groups is 1. The van der Waals surface area contributed by atoms with Gasteiger partial charge in [0.15, 0.2) is 5.78 Å². The Balaban J connectivity index is 1.29. The van der Waals surface area contributed by atoms with E-state index in [2.05, 4.69) is 10.1 Å². The molecule has 1 atom stereocenters. The molecular formula is C22H24ClN3O2S. The highest BCUT2D eigenvalue weighted by Gasteiger charge is 2.24. The maximum Gasteiger partial charge on any atom is 0.172 e. The number of benzene rings is 1. The first-order valence-corrected chi connectivity index (χ1v) is 11.2. The lowest BCUT2D eigenvalue weighted by Crippen LogP contribution is -2.35. The van der Waals surface area contributed by atoms with E-state index in [0.717, 1.165) is 42.8 Å². The Hall–Kier alpha value is -2.18. The molecule has 1 fully saturated rings. The molecule has 1 unspecified atom stereocenters. The van der Waals surface area contributed by atoms with Crippen LogP contribution >= 0.6 is 22.9 Å². The van der Waals surface area contributed by atoms with Crippen molar-refractivity contribution < 1.29 is 9.63 Å². The lowest BCUT2D eigenvalue weighted by molar-refractivity contribution is 0.0720. The van der Waals surface area contributed by atoms with E-state index >= 15 is 0 Å². The summed E-state index contributed by atoms with van der Waals surface area (Å²) < 4.78 is 0.632. The molecule has 4 rings (SSSR count). The van der Waals surface area contributed by atoms with Crippen LogP contribution in [0.15, 0.2) is 41.6 Å². The summed E-state index contributed by atoms with van der Waals surface area (Å²) in [4.78, 5) is 20.6. The standard InChI is InChI=1S/C22H24ClN3O2S/c23-21-11-10-20(29-21)19(27)9-8-17-14-18(25-28-17)15-4-6-16(7-5-15)22(24)26-12-2-1-3-13-26/h4-7,10-11,17,24H,1-3,8-9,12-14H2. The summed E-state index contributed by atoms with van der Waals surface area (Å²) in [6.07, 6.45) is 5.28. The minimum Gasteiger partial charge on any atom is -0.392 e. The van der Waals surface area contributed by atoms with E-state index in [1.807, 2.05) is 24.3 Å². The van der Waals surface area contributed by atoms with E-state index in [9.17, 15) is 4.79 Å². The Bertz CT molecular complexity index is 916. The van der Waals surface area contributed by atoms with Gasteiger partial charge in [-0.25, -0.2) is 0 Å². The van der Waals surface area contributed by atoms with Crippen molar-refractivity contribution >= 4 is 40.3 Å². The van der Waals surface area contributed by atoms with Gasteiger partial charge in [-0.2, -0.15) is 0 Å². The number of nitrogens with one attached hydrogen (secondary N) is 1. The summed E-state index contributed by atoms with van der Waals surface area (Å²) in [6, 6.07) is 11.5. The number of Topliss-reactive ketones (excluding diaryl/α,β-unsaturated/α-hetero) is 1. The van der Waals surface area contributed by atoms with Gasteiger partial charge in [-0.05, 0) is 43.4 Å². The normalized spacial score (nSPS) is 19.0. The molecule has 152 valence electrons. The van der Waals surface area contributed by atoms with E-state index in [1.54, 1.807) is 12.1 Å². The molecule has 0 radical (unpaired) electrons. The van der Waals surface area contributed by atoms with Crippen molar-refractivity contribution in [3.05, 3.63) is 56.7 Å². The number of hydrogen-bond donors (Lipinski definition) is 1. The van der Waals surface area contributed by atoms with E-state index in [1.165, 1.54) is 17.8 Å². The molecule has 0 spiro atoms. The zero-order chi connectivity index (χ0) is 20.2. The smallest absolute Gasteiger partial charge is 0.172 e. The van der Waals surface area contributed by atoms with Crippen molar-refractivity contribution in [3.63, 3.8) is 0 Å². The largest absolute Gasteiger partial charge is 0.392 e. The molecule has 29 heavy (non-hydrogen) atoms. The van der Waals surface area contributed by atoms with Crippen molar-refractivity contribution in [1.82, 2.24) is 4.90 Å². The van der Waals surface area contributed by atoms with Gasteiger partial charge in [0.05, 0.1) is 14.9 Å². The van der Waals surface area contributed by atoms with Crippen molar-refractivity contribution in [3.8, 4) is 0 Å². The van der Waals surface area contributed by atoms with Crippen LogP contribution < -0.4 is 0 Å². The molecule has 5 nitrogen and oxygen atoms in total. The van der Waals surface area contributed by atoms with Crippen LogP contribution in [0.2, 0.25) is 4.34 Å². The van der Waals surface area contributed by atoms with Gasteiger partial charge >= 0.3 is 0 Å². The van der Waals surface area contributed by atoms with Gasteiger partial charge in [0.2, 0.25) is 0 Å². The third-order valence-electron chi connectivity index (χ3n) is 5.44. The second kappa shape index (κ2) is 9.09. The fourth-order valence-corrected chi connectivity index (χ4v) is 4.76. The Morgan fingerprint density at radius 3 is 2.62 bits per heavy atom. The van der Waals surface area contributed by atoms with Crippen molar-refractivity contribution in [2.75, 3.05) is 13.1 Å². The van der Waals surface area contributed by atoms with E-state index in [4.69, 9.17) is 21.8 Å². The second-order valence-electron chi connectivity index (χ2n) is 7.51. The Labute approximate surface area is 179 Å². The quantitative estimate of drug-likeness (QED) is 0.381. The van der Waals surface area contributed by atoms with Crippen molar-refractivity contribution in [2.24, 2.45) is 5.16 Å². The maximum atomic E-state index is 12.2. The van der Waals surface area contributed by atoms with Crippen LogP contribution in [0.5, 0.6) is 0 Å². The van der Waals surface area contributed by atoms with Gasteiger partial charge in [0, 0.05) is 31.5 Å². The maximum absolute atomic E-state index is 12.2. The highest BCUT2D eigenvalue weighted by molar-refractivity contribution is 7.18. The van der Waals surface area contributed by atoms with Crippen LogP contribution in [-0.4, -0.2) is 41.4 Å². The number of amidine groups is 1. The molecule has 2 aromatic rings. The number of carbonyl (C=O) groups excluding carboxylic acids is 1. The van der Waals surface area contributed by atoms with Crippen LogP contribution in [0.25, 0.3) is 0 Å². The minimum absolute atomic E-state index is 0.0734. The zero-order valence-electron chi connectivity index (χ0n) is 16.2.